The fraction of sp³-hybridized carbons (Fsp3) is 0. The van der Waals surface area contributed by atoms with Crippen LogP contribution in [0.5, 0.6) is 0 Å². The number of hydrogen-bond donors (Lipinski definition) is 1. The van der Waals surface area contributed by atoms with Gasteiger partial charge in [0.25, 0.3) is 0 Å². The summed E-state index contributed by atoms with van der Waals surface area (Å²) in [6, 6.07) is 6.01. The van der Waals surface area contributed by atoms with E-state index < -0.39 is 0 Å². The summed E-state index contributed by atoms with van der Waals surface area (Å²) in [6.45, 7) is 0. The monoisotopic (exact) mass is 301 g/mol. The predicted octanol–water partition coefficient (Wildman–Crippen LogP) is 2.50. The van der Waals surface area contributed by atoms with Gasteiger partial charge in [-0.1, -0.05) is 17.7 Å². The lowest BCUT2D eigenvalue weighted by Gasteiger charge is -1.92. The molecule has 1 aromatic carbocycles. The molecule has 0 unspecified atom stereocenters. The lowest BCUT2D eigenvalue weighted by atomic mass is 10.2. The summed E-state index contributed by atoms with van der Waals surface area (Å²) in [4.78, 5) is 3.23. The van der Waals surface area contributed by atoms with Crippen molar-refractivity contribution >= 4 is 61.5 Å². The van der Waals surface area contributed by atoms with Crippen LogP contribution in [0.25, 0.3) is 10.9 Å². The van der Waals surface area contributed by atoms with Crippen molar-refractivity contribution in [2.75, 3.05) is 0 Å². The van der Waals surface area contributed by atoms with Gasteiger partial charge >= 0.3 is 16.5 Å². The molecule has 58 valence electrons. The standard InChI is InChI=1S/C8H5ClN.HI.Mg/c9-7-2-1-6-3-4-10-8(6)5-7;;/h1-2,4-5,10H;1H;/q;;+1/p-1. The molecule has 0 aliphatic heterocycles. The highest BCUT2D eigenvalue weighted by atomic mass is 127. The van der Waals surface area contributed by atoms with Crippen LogP contribution in [0.4, 0.5) is 0 Å². The fourth-order valence-corrected chi connectivity index (χ4v) is 3.97. The Morgan fingerprint density at radius 2 is 2.25 bits per heavy atom. The molecule has 0 amide bonds. The van der Waals surface area contributed by atoms with E-state index in [1.54, 1.807) is 0 Å². The fourth-order valence-electron chi connectivity index (χ4n) is 1.27. The lowest BCUT2D eigenvalue weighted by Crippen LogP contribution is -2.04. The minimum atomic E-state index is -0.105. The van der Waals surface area contributed by atoms with Crippen LogP contribution in [0.1, 0.15) is 0 Å². The first-order valence-electron chi connectivity index (χ1n) is 3.63. The van der Waals surface area contributed by atoms with Crippen LogP contribution in [0, 0.1) is 0 Å². The molecule has 2 aromatic rings. The smallest absolute Gasteiger partial charge is 0.363 e. The highest BCUT2D eigenvalue weighted by Gasteiger charge is 2.03. The van der Waals surface area contributed by atoms with Crippen molar-refractivity contribution < 1.29 is 0 Å². The number of benzene rings is 1. The Morgan fingerprint density at radius 1 is 1.42 bits per heavy atom. The summed E-state index contributed by atoms with van der Waals surface area (Å²) >= 11 is 8.25. The molecule has 0 spiro atoms. The highest BCUT2D eigenvalue weighted by Crippen LogP contribution is 2.16. The summed E-state index contributed by atoms with van der Waals surface area (Å²) in [5.41, 5.74) is 1.15. The van der Waals surface area contributed by atoms with Crippen molar-refractivity contribution in [1.29, 1.82) is 0 Å². The summed E-state index contributed by atoms with van der Waals surface area (Å²) in [5.74, 6) is 0. The maximum absolute atomic E-state index is 5.86. The van der Waals surface area contributed by atoms with Crippen LogP contribution < -0.4 is 3.69 Å². The molecule has 0 bridgehead atoms. The largest absolute Gasteiger partial charge is 0.505 e. The van der Waals surface area contributed by atoms with Crippen LogP contribution in [0.15, 0.2) is 24.4 Å². The van der Waals surface area contributed by atoms with E-state index in [4.69, 9.17) is 11.6 Å². The molecule has 0 aliphatic rings. The second-order valence-corrected chi connectivity index (χ2v) is 6.39. The van der Waals surface area contributed by atoms with E-state index in [9.17, 15) is 0 Å². The third-order valence-electron chi connectivity index (χ3n) is 1.87. The molecule has 0 fully saturated rings. The molecule has 0 saturated carbocycles. The predicted molar refractivity (Wildman–Crippen MR) is 62.7 cm³/mol. The van der Waals surface area contributed by atoms with E-state index in [1.165, 1.54) is 9.08 Å². The van der Waals surface area contributed by atoms with E-state index in [0.717, 1.165) is 10.5 Å². The van der Waals surface area contributed by atoms with E-state index in [2.05, 4.69) is 36.1 Å². The number of H-pyrrole nitrogens is 1. The zero-order valence-electron chi connectivity index (χ0n) is 6.27. The molecule has 0 radical (unpaired) electrons. The SMILES string of the molecule is Clc1ccc2[c]([Mg][I])c[nH]c2c1. The Balaban J connectivity index is 2.73. The van der Waals surface area contributed by atoms with Crippen molar-refractivity contribution in [2.24, 2.45) is 0 Å². The first kappa shape index (κ1) is 9.12. The first-order valence-corrected chi connectivity index (χ1v) is 9.82. The first-order chi connectivity index (χ1) is 5.81. The van der Waals surface area contributed by atoms with Gasteiger partial charge in [0, 0.05) is 10.5 Å². The second kappa shape index (κ2) is 3.73. The van der Waals surface area contributed by atoms with Crippen molar-refractivity contribution in [2.45, 2.75) is 0 Å². The van der Waals surface area contributed by atoms with Gasteiger partial charge < -0.3 is 4.98 Å². The Kier molecular flexibility index (Phi) is 2.84. The van der Waals surface area contributed by atoms with Gasteiger partial charge in [-0.05, 0) is 23.7 Å². The maximum atomic E-state index is 5.86. The van der Waals surface area contributed by atoms with Crippen LogP contribution in [-0.4, -0.2) is 21.5 Å². The number of aromatic amines is 1. The zero-order valence-corrected chi connectivity index (χ0v) is 10.6. The van der Waals surface area contributed by atoms with E-state index >= 15 is 0 Å². The Morgan fingerprint density at radius 3 is 3.00 bits per heavy atom. The van der Waals surface area contributed by atoms with Gasteiger partial charge in [-0.15, -0.1) is 3.69 Å². The molecule has 2 rings (SSSR count). The summed E-state index contributed by atoms with van der Waals surface area (Å²) in [5, 5.41) is 2.13. The quantitative estimate of drug-likeness (QED) is 0.615. The molecule has 1 N–H and O–H groups in total. The Bertz CT molecular complexity index is 412. The molecule has 0 saturated heterocycles. The summed E-state index contributed by atoms with van der Waals surface area (Å²) < 4.78 is 1.47. The number of fused-ring (bicyclic) bond motifs is 1. The average Bonchev–Trinajstić information content (AvgIpc) is 2.46. The second-order valence-electron chi connectivity index (χ2n) is 2.64. The molecule has 1 aromatic heterocycles. The van der Waals surface area contributed by atoms with Gasteiger partial charge in [-0.2, -0.15) is 0 Å². The van der Waals surface area contributed by atoms with Gasteiger partial charge in [0.1, 0.15) is 0 Å². The maximum Gasteiger partial charge on any atom is 0.505 e. The van der Waals surface area contributed by atoms with Gasteiger partial charge in [-0.25, -0.2) is 0 Å². The number of halogens is 2. The molecule has 1 nitrogen and oxygen atoms in total. The van der Waals surface area contributed by atoms with Gasteiger partial charge in [0.2, 0.25) is 0 Å². The van der Waals surface area contributed by atoms with Crippen LogP contribution in [0.3, 0.4) is 0 Å². The van der Waals surface area contributed by atoms with Crippen LogP contribution in [0.2, 0.25) is 5.02 Å². The molecule has 0 atom stereocenters. The number of nitrogens with one attached hydrogen (secondary N) is 1. The van der Waals surface area contributed by atoms with Crippen molar-refractivity contribution in [3.63, 3.8) is 0 Å². The number of hydrogen-bond acceptors (Lipinski definition) is 0. The molecule has 1 heterocycles. The molecule has 12 heavy (non-hydrogen) atoms. The van der Waals surface area contributed by atoms with E-state index in [-0.39, 0.29) is 16.5 Å². The van der Waals surface area contributed by atoms with Gasteiger partial charge in [0.05, 0.1) is 0 Å². The third-order valence-corrected chi connectivity index (χ3v) is 5.45. The van der Waals surface area contributed by atoms with E-state index in [1.807, 2.05) is 12.1 Å². The minimum Gasteiger partial charge on any atom is -0.363 e. The highest BCUT2D eigenvalue weighted by molar-refractivity contribution is 14.1. The number of aromatic nitrogens is 1. The Hall–Kier alpha value is 0.546. The molecular formula is C8H5ClIMgN. The van der Waals surface area contributed by atoms with Crippen LogP contribution >= 0.6 is 30.5 Å². The lowest BCUT2D eigenvalue weighted by molar-refractivity contribution is 1.49. The van der Waals surface area contributed by atoms with Gasteiger partial charge in [-0.3, -0.25) is 18.9 Å². The van der Waals surface area contributed by atoms with Crippen molar-refractivity contribution in [1.82, 2.24) is 4.98 Å². The zero-order chi connectivity index (χ0) is 8.55. The van der Waals surface area contributed by atoms with E-state index in [0.29, 0.717) is 0 Å². The normalized spacial score (nSPS) is 10.2. The van der Waals surface area contributed by atoms with Gasteiger partial charge in [0.15, 0.2) is 0 Å². The van der Waals surface area contributed by atoms with Crippen molar-refractivity contribution in [3.8, 4) is 0 Å². The minimum absolute atomic E-state index is 0.105. The molecule has 4 heteroatoms. The average molecular weight is 302 g/mol. The van der Waals surface area contributed by atoms with Crippen molar-refractivity contribution in [3.05, 3.63) is 29.4 Å². The topological polar surface area (TPSA) is 15.8 Å². The summed E-state index contributed by atoms with van der Waals surface area (Å²) in [7, 11) is 0. The molecule has 0 aliphatic carbocycles. The number of rotatable bonds is 1. The summed E-state index contributed by atoms with van der Waals surface area (Å²) in [6.07, 6.45) is 2.10. The van der Waals surface area contributed by atoms with Crippen LogP contribution in [-0.2, 0) is 0 Å². The third kappa shape index (κ3) is 1.60. The molecular weight excluding hydrogens is 297 g/mol. The Labute approximate surface area is 95.0 Å².